The third-order valence-corrected chi connectivity index (χ3v) is 9.59. The number of rotatable bonds is 9. The number of benzene rings is 2. The molecule has 2 aromatic heterocycles. The summed E-state index contributed by atoms with van der Waals surface area (Å²) in [5, 5.41) is 4.11. The number of thiazole rings is 2. The minimum atomic E-state index is -0.151. The van der Waals surface area contributed by atoms with Gasteiger partial charge in [0.25, 0.3) is 17.0 Å². The number of aromatic nitrogens is 2. The van der Waals surface area contributed by atoms with Gasteiger partial charge in [-0.05, 0) is 55.0 Å². The quantitative estimate of drug-likeness (QED) is 0.261. The van der Waals surface area contributed by atoms with Crippen LogP contribution in [0, 0.1) is 5.92 Å². The number of fused-ring (bicyclic) bond motifs is 3. The summed E-state index contributed by atoms with van der Waals surface area (Å²) >= 11 is 9.07. The molecule has 6 rings (SSSR count). The first-order valence-electron chi connectivity index (χ1n) is 12.8. The predicted octanol–water partition coefficient (Wildman–Crippen LogP) is 5.52. The molecule has 2 aromatic carbocycles. The Morgan fingerprint density at radius 3 is 2.90 bits per heavy atom. The molecule has 3 atom stereocenters. The van der Waals surface area contributed by atoms with E-state index in [1.54, 1.807) is 18.7 Å². The summed E-state index contributed by atoms with van der Waals surface area (Å²) in [5.41, 5.74) is 4.34. The van der Waals surface area contributed by atoms with Gasteiger partial charge in [-0.3, -0.25) is 9.59 Å². The van der Waals surface area contributed by atoms with Crippen molar-refractivity contribution in [2.24, 2.45) is 5.92 Å². The highest BCUT2D eigenvalue weighted by molar-refractivity contribution is 7.17. The molecule has 1 aliphatic heterocycles. The summed E-state index contributed by atoms with van der Waals surface area (Å²) in [4.78, 5) is 39.0. The lowest BCUT2D eigenvalue weighted by molar-refractivity contribution is 0.0576. The Kier molecular flexibility index (Phi) is 7.53. The maximum absolute atomic E-state index is 14.2. The lowest BCUT2D eigenvalue weighted by Crippen LogP contribution is -2.50. The van der Waals surface area contributed by atoms with Crippen molar-refractivity contribution >= 4 is 56.3 Å². The van der Waals surface area contributed by atoms with Gasteiger partial charge in [-0.1, -0.05) is 41.1 Å². The lowest BCUT2D eigenvalue weighted by Gasteiger charge is -2.35. The molecular weight excluding hydrogens is 556 g/mol. The first kappa shape index (κ1) is 26.2. The molecule has 1 aliphatic carbocycles. The highest BCUT2D eigenvalue weighted by Crippen LogP contribution is 2.44. The fourth-order valence-corrected chi connectivity index (χ4v) is 7.62. The van der Waals surface area contributed by atoms with Crippen LogP contribution in [0.4, 0.5) is 0 Å². The monoisotopic (exact) mass is 582 g/mol. The summed E-state index contributed by atoms with van der Waals surface area (Å²) in [6.45, 7) is 1.14. The largest absolute Gasteiger partial charge is 0.468 e. The van der Waals surface area contributed by atoms with Gasteiger partial charge in [0.15, 0.2) is 5.69 Å². The third kappa shape index (κ3) is 5.14. The molecule has 1 N–H and O–H groups in total. The van der Waals surface area contributed by atoms with Crippen molar-refractivity contribution in [1.29, 1.82) is 0 Å². The Hall–Kier alpha value is -3.05. The van der Waals surface area contributed by atoms with Crippen molar-refractivity contribution in [1.82, 2.24) is 20.2 Å². The molecule has 0 unspecified atom stereocenters. The average molecular weight is 583 g/mol. The van der Waals surface area contributed by atoms with Crippen LogP contribution in [-0.2, 0) is 4.74 Å². The number of carbonyl (C=O) groups is 2. The zero-order valence-electron chi connectivity index (χ0n) is 21.3. The van der Waals surface area contributed by atoms with E-state index in [1.807, 2.05) is 41.3 Å². The number of hydrogen-bond donors (Lipinski definition) is 1. The van der Waals surface area contributed by atoms with E-state index >= 15 is 0 Å². The van der Waals surface area contributed by atoms with Gasteiger partial charge >= 0.3 is 0 Å². The van der Waals surface area contributed by atoms with Gasteiger partial charge in [0, 0.05) is 24.7 Å². The molecule has 0 spiro atoms. The second-order valence-electron chi connectivity index (χ2n) is 9.73. The minimum absolute atomic E-state index is 0.104. The Labute approximate surface area is 238 Å². The van der Waals surface area contributed by atoms with Gasteiger partial charge in [0.2, 0.25) is 0 Å². The van der Waals surface area contributed by atoms with Crippen LogP contribution in [0.3, 0.4) is 0 Å². The molecular formula is C28H27ClN4O4S2. The minimum Gasteiger partial charge on any atom is -0.468 e. The summed E-state index contributed by atoms with van der Waals surface area (Å²) in [6.07, 6.45) is 2.93. The first-order valence-corrected chi connectivity index (χ1v) is 14.9. The van der Waals surface area contributed by atoms with Crippen LogP contribution in [0.15, 0.2) is 48.0 Å². The first-order chi connectivity index (χ1) is 19.0. The Bertz CT molecular complexity index is 1520. The number of piperidine rings is 1. The van der Waals surface area contributed by atoms with Crippen molar-refractivity contribution in [2.45, 2.75) is 31.3 Å². The molecule has 202 valence electrons. The Morgan fingerprint density at radius 1 is 1.18 bits per heavy atom. The number of carbonyl (C=O) groups excluding carboxylic acids is 2. The lowest BCUT2D eigenvalue weighted by atomic mass is 9.98. The SMILES string of the molecule is COCCOc1nc(C(=O)N2[C@@H]3CC[C@@H](C3)[C@H]2CNC(=O)c2cccc3ncsc23)c(-c2cccc(Cl)c2)s1. The fourth-order valence-electron chi connectivity index (χ4n) is 5.70. The standard InChI is InChI=1S/C28H27ClN4O4S2/c1-36-10-11-37-28-32-23(24(39-28)17-4-2-5-18(29)12-17)27(35)33-19-9-8-16(13-19)22(33)14-30-26(34)20-6-3-7-21-25(20)38-15-31-21/h2-7,12,15-16,19,22H,8-11,13-14H2,1H3,(H,30,34)/t16-,19+,22+/m0/s1. The van der Waals surface area contributed by atoms with E-state index < -0.39 is 0 Å². The van der Waals surface area contributed by atoms with Gasteiger partial charge in [-0.15, -0.1) is 11.3 Å². The summed E-state index contributed by atoms with van der Waals surface area (Å²) in [5.74, 6) is 0.0464. The fraction of sp³-hybridized carbons (Fsp3) is 0.357. The molecule has 2 bridgehead atoms. The van der Waals surface area contributed by atoms with Crippen molar-refractivity contribution in [2.75, 3.05) is 26.9 Å². The van der Waals surface area contributed by atoms with E-state index in [0.717, 1.165) is 39.9 Å². The van der Waals surface area contributed by atoms with Gasteiger partial charge in [-0.25, -0.2) is 4.98 Å². The molecule has 11 heteroatoms. The van der Waals surface area contributed by atoms with E-state index in [1.165, 1.54) is 22.7 Å². The Balaban J connectivity index is 1.26. The van der Waals surface area contributed by atoms with Crippen molar-refractivity contribution in [3.05, 3.63) is 64.3 Å². The molecule has 39 heavy (non-hydrogen) atoms. The maximum Gasteiger partial charge on any atom is 0.274 e. The Morgan fingerprint density at radius 2 is 2.05 bits per heavy atom. The van der Waals surface area contributed by atoms with Crippen LogP contribution in [0.1, 0.15) is 40.1 Å². The zero-order valence-corrected chi connectivity index (χ0v) is 23.7. The summed E-state index contributed by atoms with van der Waals surface area (Å²) < 4.78 is 11.8. The second kappa shape index (κ2) is 11.2. The van der Waals surface area contributed by atoms with E-state index in [2.05, 4.69) is 15.3 Å². The second-order valence-corrected chi connectivity index (χ2v) is 12.0. The molecule has 3 heterocycles. The number of halogens is 1. The maximum atomic E-state index is 14.2. The summed E-state index contributed by atoms with van der Waals surface area (Å²) in [7, 11) is 1.61. The third-order valence-electron chi connectivity index (χ3n) is 7.46. The number of likely N-dealkylation sites (tertiary alicyclic amines) is 1. The molecule has 2 aliphatic rings. The van der Waals surface area contributed by atoms with Crippen LogP contribution >= 0.6 is 34.3 Å². The van der Waals surface area contributed by atoms with Gasteiger partial charge in [0.05, 0.1) is 38.8 Å². The molecule has 0 radical (unpaired) electrons. The van der Waals surface area contributed by atoms with Gasteiger partial charge in [0.1, 0.15) is 6.61 Å². The van der Waals surface area contributed by atoms with Crippen molar-refractivity contribution in [3.8, 4) is 15.6 Å². The number of ether oxygens (including phenoxy) is 2. The molecule has 8 nitrogen and oxygen atoms in total. The normalized spacial score (nSPS) is 20.1. The molecule has 2 fully saturated rings. The van der Waals surface area contributed by atoms with Crippen LogP contribution in [0.25, 0.3) is 20.7 Å². The number of nitrogens with one attached hydrogen (secondary N) is 1. The van der Waals surface area contributed by atoms with Crippen LogP contribution in [-0.4, -0.2) is 65.6 Å². The summed E-state index contributed by atoms with van der Waals surface area (Å²) in [6, 6.07) is 13.0. The molecule has 4 aromatic rings. The average Bonchev–Trinajstić information content (AvgIpc) is 3.74. The number of nitrogens with zero attached hydrogens (tertiary/aromatic N) is 3. The number of hydrogen-bond acceptors (Lipinski definition) is 8. The van der Waals surface area contributed by atoms with Gasteiger partial charge in [-0.2, -0.15) is 4.98 Å². The van der Waals surface area contributed by atoms with E-state index in [0.29, 0.717) is 47.2 Å². The zero-order chi connectivity index (χ0) is 26.9. The molecule has 1 saturated carbocycles. The number of methoxy groups -OCH3 is 1. The van der Waals surface area contributed by atoms with Crippen LogP contribution in [0.2, 0.25) is 5.02 Å². The topological polar surface area (TPSA) is 93.7 Å². The van der Waals surface area contributed by atoms with E-state index in [9.17, 15) is 9.59 Å². The van der Waals surface area contributed by atoms with Crippen LogP contribution < -0.4 is 10.1 Å². The predicted molar refractivity (Wildman–Crippen MR) is 153 cm³/mol. The van der Waals surface area contributed by atoms with Crippen LogP contribution in [0.5, 0.6) is 5.19 Å². The smallest absolute Gasteiger partial charge is 0.274 e. The highest BCUT2D eigenvalue weighted by atomic mass is 35.5. The number of amides is 2. The molecule has 1 saturated heterocycles. The van der Waals surface area contributed by atoms with Crippen molar-refractivity contribution < 1.29 is 19.1 Å². The van der Waals surface area contributed by atoms with Gasteiger partial charge < -0.3 is 19.7 Å². The van der Waals surface area contributed by atoms with E-state index in [4.69, 9.17) is 21.1 Å². The highest BCUT2D eigenvalue weighted by Gasteiger charge is 2.49. The van der Waals surface area contributed by atoms with E-state index in [-0.39, 0.29) is 23.9 Å². The molecule has 2 amide bonds. The van der Waals surface area contributed by atoms with Crippen molar-refractivity contribution in [3.63, 3.8) is 0 Å².